The second-order valence-corrected chi connectivity index (χ2v) is 5.91. The van der Waals surface area contributed by atoms with Crippen LogP contribution in [0.1, 0.15) is 62.0 Å². The molecule has 1 aromatic heterocycles. The van der Waals surface area contributed by atoms with Crippen LogP contribution in [0, 0.1) is 0 Å². The van der Waals surface area contributed by atoms with Crippen molar-refractivity contribution < 1.29 is 4.79 Å². The van der Waals surface area contributed by atoms with Gasteiger partial charge in [0.2, 0.25) is 0 Å². The number of aromatic nitrogens is 1. The maximum absolute atomic E-state index is 12.6. The second-order valence-electron chi connectivity index (χ2n) is 5.91. The van der Waals surface area contributed by atoms with Crippen LogP contribution < -0.4 is 5.56 Å². The van der Waals surface area contributed by atoms with Crippen molar-refractivity contribution in [3.05, 3.63) is 45.9 Å². The Morgan fingerprint density at radius 3 is 2.81 bits per heavy atom. The maximum atomic E-state index is 12.6. The average Bonchev–Trinajstić information content (AvgIpc) is 2.92. The van der Waals surface area contributed by atoms with E-state index in [1.807, 2.05) is 26.0 Å². The summed E-state index contributed by atoms with van der Waals surface area (Å²) in [5.74, 6) is 0.0743. The Morgan fingerprint density at radius 1 is 1.43 bits per heavy atom. The van der Waals surface area contributed by atoms with Crippen LogP contribution in [0.5, 0.6) is 0 Å². The van der Waals surface area contributed by atoms with E-state index in [1.54, 1.807) is 11.0 Å². The Kier molecular flexibility index (Phi) is 4.99. The number of H-pyrrole nitrogens is 1. The molecule has 1 aromatic rings. The largest absolute Gasteiger partial charge is 0.328 e. The SMILES string of the molecule is CCCCC1C=CCN1C(=O)c1ccc(C(C)C)[nH]c1=O. The van der Waals surface area contributed by atoms with Gasteiger partial charge < -0.3 is 9.88 Å². The van der Waals surface area contributed by atoms with Crippen molar-refractivity contribution >= 4 is 5.91 Å². The molecule has 1 aliphatic rings. The van der Waals surface area contributed by atoms with Crippen LogP contribution in [0.4, 0.5) is 0 Å². The zero-order valence-corrected chi connectivity index (χ0v) is 13.1. The summed E-state index contributed by atoms with van der Waals surface area (Å²) >= 11 is 0. The molecule has 1 unspecified atom stereocenters. The summed E-state index contributed by atoms with van der Waals surface area (Å²) in [4.78, 5) is 29.3. The normalized spacial score (nSPS) is 17.7. The molecular weight excluding hydrogens is 264 g/mol. The van der Waals surface area contributed by atoms with Gasteiger partial charge in [0, 0.05) is 12.2 Å². The predicted octanol–water partition coefficient (Wildman–Crippen LogP) is 3.07. The van der Waals surface area contributed by atoms with Crippen molar-refractivity contribution in [2.45, 2.75) is 52.0 Å². The Morgan fingerprint density at radius 2 is 2.19 bits per heavy atom. The van der Waals surface area contributed by atoms with E-state index < -0.39 is 0 Å². The number of hydrogen-bond donors (Lipinski definition) is 1. The van der Waals surface area contributed by atoms with E-state index in [4.69, 9.17) is 0 Å². The van der Waals surface area contributed by atoms with E-state index >= 15 is 0 Å². The number of carbonyl (C=O) groups is 1. The van der Waals surface area contributed by atoms with Crippen molar-refractivity contribution in [3.63, 3.8) is 0 Å². The van der Waals surface area contributed by atoms with Gasteiger partial charge in [-0.15, -0.1) is 0 Å². The molecule has 1 N–H and O–H groups in total. The third kappa shape index (κ3) is 3.43. The minimum Gasteiger partial charge on any atom is -0.328 e. The van der Waals surface area contributed by atoms with Gasteiger partial charge in [0.25, 0.3) is 11.5 Å². The quantitative estimate of drug-likeness (QED) is 0.847. The van der Waals surface area contributed by atoms with Gasteiger partial charge in [-0.05, 0) is 24.5 Å². The minimum absolute atomic E-state index is 0.127. The Balaban J connectivity index is 2.18. The van der Waals surface area contributed by atoms with Crippen LogP contribution in [0.15, 0.2) is 29.1 Å². The first-order valence-corrected chi connectivity index (χ1v) is 7.75. The molecule has 2 rings (SSSR count). The van der Waals surface area contributed by atoms with E-state index in [1.165, 1.54) is 0 Å². The summed E-state index contributed by atoms with van der Waals surface area (Å²) in [5, 5.41) is 0. The van der Waals surface area contributed by atoms with Gasteiger partial charge in [-0.25, -0.2) is 0 Å². The molecule has 2 heterocycles. The topological polar surface area (TPSA) is 53.2 Å². The van der Waals surface area contributed by atoms with Crippen LogP contribution in [0.2, 0.25) is 0 Å². The smallest absolute Gasteiger partial charge is 0.261 e. The van der Waals surface area contributed by atoms with Crippen molar-refractivity contribution in [1.29, 1.82) is 0 Å². The highest BCUT2D eigenvalue weighted by Gasteiger charge is 2.26. The summed E-state index contributed by atoms with van der Waals surface area (Å²) in [6.45, 7) is 6.76. The summed E-state index contributed by atoms with van der Waals surface area (Å²) < 4.78 is 0. The molecule has 1 aliphatic heterocycles. The second kappa shape index (κ2) is 6.74. The van der Waals surface area contributed by atoms with E-state index in [0.29, 0.717) is 6.54 Å². The summed E-state index contributed by atoms with van der Waals surface area (Å²) in [7, 11) is 0. The number of pyridine rings is 1. The van der Waals surface area contributed by atoms with Gasteiger partial charge in [0.05, 0.1) is 6.04 Å². The first kappa shape index (κ1) is 15.5. The minimum atomic E-state index is -0.285. The van der Waals surface area contributed by atoms with E-state index in [9.17, 15) is 9.59 Å². The third-order valence-corrected chi connectivity index (χ3v) is 3.96. The van der Waals surface area contributed by atoms with Crippen LogP contribution >= 0.6 is 0 Å². The lowest BCUT2D eigenvalue weighted by molar-refractivity contribution is 0.0741. The van der Waals surface area contributed by atoms with Crippen LogP contribution in [0.25, 0.3) is 0 Å². The molecule has 21 heavy (non-hydrogen) atoms. The van der Waals surface area contributed by atoms with Crippen molar-refractivity contribution in [3.8, 4) is 0 Å². The molecule has 0 aromatic carbocycles. The monoisotopic (exact) mass is 288 g/mol. The van der Waals surface area contributed by atoms with Crippen LogP contribution in [0.3, 0.4) is 0 Å². The lowest BCUT2D eigenvalue weighted by atomic mass is 10.1. The molecule has 114 valence electrons. The zero-order valence-electron chi connectivity index (χ0n) is 13.1. The molecule has 1 atom stereocenters. The fourth-order valence-electron chi connectivity index (χ4n) is 2.62. The molecule has 1 amide bonds. The first-order valence-electron chi connectivity index (χ1n) is 7.75. The number of unbranched alkanes of at least 4 members (excludes halogenated alkanes) is 1. The van der Waals surface area contributed by atoms with E-state index in [2.05, 4.69) is 18.0 Å². The molecule has 0 fully saturated rings. The maximum Gasteiger partial charge on any atom is 0.261 e. The molecule has 0 spiro atoms. The number of amides is 1. The molecule has 4 nitrogen and oxygen atoms in total. The molecule has 0 bridgehead atoms. The molecule has 0 aliphatic carbocycles. The van der Waals surface area contributed by atoms with Gasteiger partial charge in [-0.1, -0.05) is 45.8 Å². The van der Waals surface area contributed by atoms with Crippen molar-refractivity contribution in [2.75, 3.05) is 6.54 Å². The van der Waals surface area contributed by atoms with Crippen LogP contribution in [-0.4, -0.2) is 28.4 Å². The lowest BCUT2D eigenvalue weighted by Gasteiger charge is -2.24. The number of rotatable bonds is 5. The highest BCUT2D eigenvalue weighted by atomic mass is 16.2. The summed E-state index contributed by atoms with van der Waals surface area (Å²) in [6.07, 6.45) is 7.23. The van der Waals surface area contributed by atoms with Gasteiger partial charge in [0.1, 0.15) is 5.56 Å². The summed E-state index contributed by atoms with van der Waals surface area (Å²) in [6, 6.07) is 3.62. The van der Waals surface area contributed by atoms with Crippen LogP contribution in [-0.2, 0) is 0 Å². The molecule has 0 saturated carbocycles. The van der Waals surface area contributed by atoms with Crippen molar-refractivity contribution in [1.82, 2.24) is 9.88 Å². The highest BCUT2D eigenvalue weighted by molar-refractivity contribution is 5.94. The average molecular weight is 288 g/mol. The molecular formula is C17H24N2O2. The number of hydrogen-bond acceptors (Lipinski definition) is 2. The zero-order chi connectivity index (χ0) is 15.4. The lowest BCUT2D eigenvalue weighted by Crippen LogP contribution is -2.38. The summed E-state index contributed by atoms with van der Waals surface area (Å²) in [5.41, 5.74) is 0.815. The Labute approximate surface area is 125 Å². The number of carbonyl (C=O) groups excluding carboxylic acids is 1. The van der Waals surface area contributed by atoms with E-state index in [-0.39, 0.29) is 29.0 Å². The van der Waals surface area contributed by atoms with Crippen molar-refractivity contribution in [2.24, 2.45) is 0 Å². The molecule has 0 saturated heterocycles. The standard InChI is InChI=1S/C17H24N2O2/c1-4-5-7-13-8-6-11-19(13)17(21)14-9-10-15(12(2)3)18-16(14)20/h6,8-10,12-13H,4-5,7,11H2,1-3H3,(H,18,20). The van der Waals surface area contributed by atoms with Gasteiger partial charge in [-0.2, -0.15) is 0 Å². The number of nitrogens with zero attached hydrogens (tertiary/aromatic N) is 1. The molecule has 4 heteroatoms. The van der Waals surface area contributed by atoms with Gasteiger partial charge >= 0.3 is 0 Å². The highest BCUT2D eigenvalue weighted by Crippen LogP contribution is 2.18. The fraction of sp³-hybridized carbons (Fsp3) is 0.529. The molecule has 0 radical (unpaired) electrons. The Bertz CT molecular complexity index is 587. The number of aromatic amines is 1. The fourth-order valence-corrected chi connectivity index (χ4v) is 2.62. The third-order valence-electron chi connectivity index (χ3n) is 3.96. The van der Waals surface area contributed by atoms with Gasteiger partial charge in [-0.3, -0.25) is 9.59 Å². The first-order chi connectivity index (χ1) is 10.0. The van der Waals surface area contributed by atoms with E-state index in [0.717, 1.165) is 25.0 Å². The Hall–Kier alpha value is -1.84. The van der Waals surface area contributed by atoms with Gasteiger partial charge in [0.15, 0.2) is 0 Å². The number of nitrogens with one attached hydrogen (secondary N) is 1. The predicted molar refractivity (Wildman–Crippen MR) is 84.6 cm³/mol.